The number of piperidine rings is 1. The minimum Gasteiger partial charge on any atom is -0.493 e. The van der Waals surface area contributed by atoms with Gasteiger partial charge < -0.3 is 15.4 Å². The first-order valence-corrected chi connectivity index (χ1v) is 12.0. The zero-order valence-corrected chi connectivity index (χ0v) is 20.9. The molecule has 2 saturated heterocycles. The molecule has 2 N–H and O–H groups in total. The molecule has 5 rings (SSSR count). The van der Waals surface area contributed by atoms with Gasteiger partial charge in [0.25, 0.3) is 0 Å². The highest BCUT2D eigenvalue weighted by Gasteiger charge is 2.28. The summed E-state index contributed by atoms with van der Waals surface area (Å²) in [4.78, 5) is 22.3. The first-order valence-electron chi connectivity index (χ1n) is 12.0. The number of pyridine rings is 1. The molecule has 12 heteroatoms. The minimum absolute atomic E-state index is 0.00131. The molecule has 0 aliphatic carbocycles. The number of hydrogen-bond donors (Lipinski definition) is 2. The van der Waals surface area contributed by atoms with E-state index in [2.05, 4.69) is 25.7 Å². The first kappa shape index (κ1) is 27.2. The van der Waals surface area contributed by atoms with Crippen LogP contribution < -0.4 is 20.3 Å². The second-order valence-electron chi connectivity index (χ2n) is 7.94. The fraction of sp³-hybridized carbons (Fsp3) is 0.500. The van der Waals surface area contributed by atoms with E-state index in [1.165, 1.54) is 17.8 Å². The molecule has 36 heavy (non-hydrogen) atoms. The number of alkyl halides is 1. The van der Waals surface area contributed by atoms with Gasteiger partial charge in [0, 0.05) is 37.7 Å². The van der Waals surface area contributed by atoms with E-state index in [0.717, 1.165) is 31.9 Å². The van der Waals surface area contributed by atoms with Gasteiger partial charge >= 0.3 is 0 Å². The zero-order valence-electron chi connectivity index (χ0n) is 20.9. The van der Waals surface area contributed by atoms with Gasteiger partial charge in [0.15, 0.2) is 34.7 Å². The maximum atomic E-state index is 14.8. The highest BCUT2D eigenvalue weighted by atomic mass is 19.1. The molecule has 9 nitrogen and oxygen atoms in total. The number of hydrogen-bond acceptors (Lipinski definition) is 7. The second kappa shape index (κ2) is 12.5. The Bertz CT molecular complexity index is 1180. The smallest absolute Gasteiger partial charge is 0.228 e. The van der Waals surface area contributed by atoms with E-state index >= 15 is 0 Å². The largest absolute Gasteiger partial charge is 0.493 e. The number of rotatable bonds is 5. The van der Waals surface area contributed by atoms with Gasteiger partial charge in [0.1, 0.15) is 11.4 Å². The number of imidazole rings is 1. The molecule has 5 heterocycles. The van der Waals surface area contributed by atoms with E-state index in [1.54, 1.807) is 11.0 Å². The van der Waals surface area contributed by atoms with Crippen LogP contribution in [-0.4, -0.2) is 65.5 Å². The van der Waals surface area contributed by atoms with E-state index in [4.69, 9.17) is 4.74 Å². The van der Waals surface area contributed by atoms with Gasteiger partial charge in [-0.25, -0.2) is 23.3 Å². The van der Waals surface area contributed by atoms with Crippen molar-refractivity contribution in [3.63, 3.8) is 0 Å². The van der Waals surface area contributed by atoms with Crippen molar-refractivity contribution >= 4 is 23.2 Å². The van der Waals surface area contributed by atoms with E-state index in [1.807, 2.05) is 13.8 Å². The van der Waals surface area contributed by atoms with Crippen molar-refractivity contribution in [3.05, 3.63) is 30.0 Å². The molecular weight excluding hydrogens is 475 g/mol. The predicted molar refractivity (Wildman–Crippen MR) is 132 cm³/mol. The van der Waals surface area contributed by atoms with Crippen molar-refractivity contribution in [1.82, 2.24) is 24.9 Å². The summed E-state index contributed by atoms with van der Waals surface area (Å²) in [5.74, 6) is -0.943. The third-order valence-electron chi connectivity index (χ3n) is 5.80. The van der Waals surface area contributed by atoms with Crippen LogP contribution in [0.4, 0.5) is 24.8 Å². The molecular formula is C24H32F3N7O2. The Labute approximate surface area is 208 Å². The fourth-order valence-electron chi connectivity index (χ4n) is 4.18. The van der Waals surface area contributed by atoms with Gasteiger partial charge in [-0.3, -0.25) is 14.1 Å². The van der Waals surface area contributed by atoms with Gasteiger partial charge in [0.05, 0.1) is 20.5 Å². The lowest BCUT2D eigenvalue weighted by atomic mass is 10.1. The highest BCUT2D eigenvalue weighted by Crippen LogP contribution is 2.32. The SMILES string of the molecule is CC.CF.COc1cc2ncc(-c3nc(NC4CCCNC4)c(F)cc3F)n2nc1N1CCCC1=O. The van der Waals surface area contributed by atoms with Gasteiger partial charge in [0.2, 0.25) is 5.91 Å². The summed E-state index contributed by atoms with van der Waals surface area (Å²) in [6.45, 7) is 6.12. The number of nitrogens with one attached hydrogen (secondary N) is 2. The fourth-order valence-corrected chi connectivity index (χ4v) is 4.18. The second-order valence-corrected chi connectivity index (χ2v) is 7.94. The van der Waals surface area contributed by atoms with Gasteiger partial charge in [-0.05, 0) is 25.8 Å². The number of fused-ring (bicyclic) bond motifs is 1. The number of anilines is 2. The average molecular weight is 508 g/mol. The number of nitrogens with zero attached hydrogens (tertiary/aromatic N) is 5. The maximum Gasteiger partial charge on any atom is 0.228 e. The van der Waals surface area contributed by atoms with Crippen LogP contribution in [0, 0.1) is 11.6 Å². The predicted octanol–water partition coefficient (Wildman–Crippen LogP) is 3.98. The topological polar surface area (TPSA) is 96.7 Å². The molecule has 196 valence electrons. The Morgan fingerprint density at radius 2 is 1.94 bits per heavy atom. The zero-order chi connectivity index (χ0) is 26.2. The lowest BCUT2D eigenvalue weighted by Crippen LogP contribution is -2.38. The number of aromatic nitrogens is 4. The molecule has 3 aromatic rings. The van der Waals surface area contributed by atoms with Crippen molar-refractivity contribution in [2.24, 2.45) is 0 Å². The molecule has 2 aliphatic rings. The van der Waals surface area contributed by atoms with E-state index in [-0.39, 0.29) is 29.2 Å². The van der Waals surface area contributed by atoms with Crippen LogP contribution in [-0.2, 0) is 4.79 Å². The summed E-state index contributed by atoms with van der Waals surface area (Å²) in [5.41, 5.74) is 0.558. The molecule has 2 fully saturated rings. The summed E-state index contributed by atoms with van der Waals surface area (Å²) in [6.07, 6.45) is 4.40. The number of carbonyl (C=O) groups excluding carboxylic acids is 1. The maximum absolute atomic E-state index is 14.8. The quantitative estimate of drug-likeness (QED) is 0.539. The highest BCUT2D eigenvalue weighted by molar-refractivity contribution is 5.95. The molecule has 1 amide bonds. The van der Waals surface area contributed by atoms with E-state index < -0.39 is 11.6 Å². The molecule has 0 bridgehead atoms. The Morgan fingerprint density at radius 3 is 2.58 bits per heavy atom. The molecule has 3 aromatic heterocycles. The summed E-state index contributed by atoms with van der Waals surface area (Å²) in [6, 6.07) is 2.45. The number of halogens is 3. The number of carbonyl (C=O) groups is 1. The number of amides is 1. The Kier molecular flexibility index (Phi) is 9.45. The molecule has 0 saturated carbocycles. The molecule has 0 aromatic carbocycles. The monoisotopic (exact) mass is 507 g/mol. The summed E-state index contributed by atoms with van der Waals surface area (Å²) in [5, 5.41) is 10.8. The molecule has 2 aliphatic heterocycles. The van der Waals surface area contributed by atoms with Crippen LogP contribution in [0.15, 0.2) is 18.3 Å². The Hall–Kier alpha value is -3.41. The third kappa shape index (κ3) is 5.53. The normalized spacial score (nSPS) is 17.2. The van der Waals surface area contributed by atoms with E-state index in [0.29, 0.717) is 43.9 Å². The number of methoxy groups -OCH3 is 1. The minimum atomic E-state index is -0.826. The van der Waals surface area contributed by atoms with Crippen molar-refractivity contribution < 1.29 is 22.7 Å². The molecule has 0 spiro atoms. The van der Waals surface area contributed by atoms with Crippen LogP contribution in [0.2, 0.25) is 0 Å². The number of ether oxygens (including phenoxy) is 1. The van der Waals surface area contributed by atoms with Gasteiger partial charge in [-0.2, -0.15) is 0 Å². The lowest BCUT2D eigenvalue weighted by molar-refractivity contribution is -0.117. The van der Waals surface area contributed by atoms with E-state index in [9.17, 15) is 18.0 Å². The third-order valence-corrected chi connectivity index (χ3v) is 5.80. The Morgan fingerprint density at radius 1 is 1.17 bits per heavy atom. The summed E-state index contributed by atoms with van der Waals surface area (Å²) < 4.78 is 45.6. The van der Waals surface area contributed by atoms with Crippen LogP contribution in [0.3, 0.4) is 0 Å². The van der Waals surface area contributed by atoms with Crippen LogP contribution in [0.1, 0.15) is 39.5 Å². The van der Waals surface area contributed by atoms with Crippen LogP contribution in [0.5, 0.6) is 5.75 Å². The lowest BCUT2D eigenvalue weighted by Gasteiger charge is -2.24. The van der Waals surface area contributed by atoms with Crippen LogP contribution in [0.25, 0.3) is 17.0 Å². The first-order chi connectivity index (χ1) is 17.5. The molecule has 1 unspecified atom stereocenters. The van der Waals surface area contributed by atoms with Crippen LogP contribution >= 0.6 is 0 Å². The van der Waals surface area contributed by atoms with Crippen molar-refractivity contribution in [2.45, 2.75) is 45.6 Å². The van der Waals surface area contributed by atoms with Crippen molar-refractivity contribution in [1.29, 1.82) is 0 Å². The van der Waals surface area contributed by atoms with Gasteiger partial charge in [-0.1, -0.05) is 13.8 Å². The van der Waals surface area contributed by atoms with Crippen molar-refractivity contribution in [3.8, 4) is 17.1 Å². The molecule has 1 atom stereocenters. The standard InChI is InChI=1S/C21H23F2N7O2.C2H6.CH3F/c1-32-16-9-17-25-11-15(30(17)28-21(16)29-7-3-5-18(29)31)19-13(22)8-14(23)20(27-19)26-12-4-2-6-24-10-12;2*1-2/h8-9,11-12,24H,2-7,10H2,1H3,(H,26,27);1-2H3;1H3. The summed E-state index contributed by atoms with van der Waals surface area (Å²) in [7, 11) is 1.99. The average Bonchev–Trinajstić information content (AvgIpc) is 3.53. The van der Waals surface area contributed by atoms with Crippen molar-refractivity contribution in [2.75, 3.05) is 44.1 Å². The Balaban J connectivity index is 0.000000861. The van der Waals surface area contributed by atoms with Gasteiger partial charge in [-0.15, -0.1) is 5.10 Å². The summed E-state index contributed by atoms with van der Waals surface area (Å²) >= 11 is 0. The molecule has 0 radical (unpaired) electrons.